The molecule has 1 aromatic carbocycles. The van der Waals surface area contributed by atoms with Crippen molar-refractivity contribution in [2.24, 2.45) is 0 Å². The van der Waals surface area contributed by atoms with Gasteiger partial charge in [0.15, 0.2) is 0 Å². The van der Waals surface area contributed by atoms with E-state index < -0.39 is 0 Å². The van der Waals surface area contributed by atoms with Crippen LogP contribution in [0.3, 0.4) is 0 Å². The fourth-order valence-electron chi connectivity index (χ4n) is 2.10. The van der Waals surface area contributed by atoms with Gasteiger partial charge in [-0.15, -0.1) is 11.6 Å². The molecule has 1 aromatic heterocycles. The van der Waals surface area contributed by atoms with Crippen molar-refractivity contribution in [2.75, 3.05) is 5.88 Å². The highest BCUT2D eigenvalue weighted by atomic mass is 35.5. The van der Waals surface area contributed by atoms with Gasteiger partial charge in [0.1, 0.15) is 0 Å². The van der Waals surface area contributed by atoms with Crippen LogP contribution >= 0.6 is 11.6 Å². The second-order valence-corrected chi connectivity index (χ2v) is 4.92. The number of fused-ring (bicyclic) bond motifs is 1. The quantitative estimate of drug-likeness (QED) is 0.813. The van der Waals surface area contributed by atoms with Crippen molar-refractivity contribution in [3.05, 3.63) is 30.0 Å². The molecular weight excluding hydrogens is 246 g/mol. The molecule has 1 atom stereocenters. The summed E-state index contributed by atoms with van der Waals surface area (Å²) < 4.78 is 2.05. The molecule has 0 aliphatic carbocycles. The van der Waals surface area contributed by atoms with Gasteiger partial charge in [-0.1, -0.05) is 18.2 Å². The molecule has 4 heteroatoms. The van der Waals surface area contributed by atoms with Crippen LogP contribution in [0.5, 0.6) is 0 Å². The van der Waals surface area contributed by atoms with Crippen LogP contribution in [0.2, 0.25) is 0 Å². The molecule has 0 bridgehead atoms. The molecule has 0 saturated heterocycles. The van der Waals surface area contributed by atoms with Crippen molar-refractivity contribution >= 4 is 22.5 Å². The first-order valence-corrected chi connectivity index (χ1v) is 7.03. The van der Waals surface area contributed by atoms with Crippen molar-refractivity contribution in [1.82, 2.24) is 15.1 Å². The fraction of sp³-hybridized carbons (Fsp3) is 0.500. The first-order valence-electron chi connectivity index (χ1n) is 6.50. The van der Waals surface area contributed by atoms with E-state index in [9.17, 15) is 0 Å². The minimum atomic E-state index is 0.424. The van der Waals surface area contributed by atoms with E-state index in [0.717, 1.165) is 25.2 Å². The summed E-state index contributed by atoms with van der Waals surface area (Å²) in [4.78, 5) is 0. The van der Waals surface area contributed by atoms with E-state index in [0.29, 0.717) is 11.9 Å². The second kappa shape index (κ2) is 6.21. The lowest BCUT2D eigenvalue weighted by Crippen LogP contribution is -2.26. The molecule has 1 N–H and O–H groups in total. The smallest absolute Gasteiger partial charge is 0.0841 e. The molecule has 0 aliphatic heterocycles. The Labute approximate surface area is 113 Å². The maximum absolute atomic E-state index is 5.74. The molecule has 1 heterocycles. The highest BCUT2D eigenvalue weighted by molar-refractivity contribution is 6.17. The average Bonchev–Trinajstić information content (AvgIpc) is 2.75. The van der Waals surface area contributed by atoms with Crippen LogP contribution in [0.4, 0.5) is 0 Å². The van der Waals surface area contributed by atoms with Gasteiger partial charge in [-0.2, -0.15) is 5.10 Å². The standard InChI is InChI=1S/C14H20ClN3/c1-3-18-14-7-5-4-6-12(14)13(17-18)10-16-11(2)8-9-15/h4-7,11,16H,3,8-10H2,1-2H3. The average molecular weight is 266 g/mol. The Morgan fingerprint density at radius 2 is 2.17 bits per heavy atom. The molecule has 0 fully saturated rings. The lowest BCUT2D eigenvalue weighted by Gasteiger charge is -2.10. The lowest BCUT2D eigenvalue weighted by atomic mass is 10.2. The Morgan fingerprint density at radius 1 is 1.39 bits per heavy atom. The maximum Gasteiger partial charge on any atom is 0.0841 e. The van der Waals surface area contributed by atoms with Gasteiger partial charge < -0.3 is 5.32 Å². The summed E-state index contributed by atoms with van der Waals surface area (Å²) in [6, 6.07) is 8.81. The van der Waals surface area contributed by atoms with Gasteiger partial charge in [0.2, 0.25) is 0 Å². The predicted octanol–water partition coefficient (Wildman–Crippen LogP) is 3.16. The monoisotopic (exact) mass is 265 g/mol. The van der Waals surface area contributed by atoms with E-state index in [1.165, 1.54) is 10.9 Å². The van der Waals surface area contributed by atoms with E-state index in [2.05, 4.69) is 53.2 Å². The largest absolute Gasteiger partial charge is 0.309 e. The number of para-hydroxylation sites is 1. The Bertz CT molecular complexity index is 507. The molecule has 18 heavy (non-hydrogen) atoms. The molecule has 2 rings (SSSR count). The van der Waals surface area contributed by atoms with Gasteiger partial charge in [-0.05, 0) is 26.3 Å². The van der Waals surface area contributed by atoms with Gasteiger partial charge in [0.25, 0.3) is 0 Å². The topological polar surface area (TPSA) is 29.9 Å². The number of rotatable bonds is 6. The Balaban J connectivity index is 2.18. The first kappa shape index (κ1) is 13.4. The zero-order chi connectivity index (χ0) is 13.0. The number of hydrogen-bond donors (Lipinski definition) is 1. The fourth-order valence-corrected chi connectivity index (χ4v) is 2.43. The summed E-state index contributed by atoms with van der Waals surface area (Å²) >= 11 is 5.74. The highest BCUT2D eigenvalue weighted by Gasteiger charge is 2.09. The third-order valence-corrected chi connectivity index (χ3v) is 3.41. The highest BCUT2D eigenvalue weighted by Crippen LogP contribution is 2.18. The Hall–Kier alpha value is -1.06. The SMILES string of the molecule is CCn1nc(CNC(C)CCCl)c2ccccc21. The third kappa shape index (κ3) is 2.85. The molecule has 3 nitrogen and oxygen atoms in total. The number of alkyl halides is 1. The van der Waals surface area contributed by atoms with E-state index in [-0.39, 0.29) is 0 Å². The van der Waals surface area contributed by atoms with Crippen molar-refractivity contribution < 1.29 is 0 Å². The zero-order valence-electron chi connectivity index (χ0n) is 11.0. The molecule has 0 saturated carbocycles. The molecule has 98 valence electrons. The van der Waals surface area contributed by atoms with E-state index in [1.54, 1.807) is 0 Å². The normalized spacial score (nSPS) is 13.1. The first-order chi connectivity index (χ1) is 8.76. The Morgan fingerprint density at radius 3 is 2.89 bits per heavy atom. The number of benzene rings is 1. The van der Waals surface area contributed by atoms with E-state index in [1.807, 2.05) is 0 Å². The van der Waals surface area contributed by atoms with Crippen LogP contribution in [0.1, 0.15) is 26.0 Å². The summed E-state index contributed by atoms with van der Waals surface area (Å²) in [6.45, 7) is 5.97. The molecule has 0 aliphatic rings. The van der Waals surface area contributed by atoms with E-state index >= 15 is 0 Å². The minimum Gasteiger partial charge on any atom is -0.309 e. The summed E-state index contributed by atoms with van der Waals surface area (Å²) in [5.74, 6) is 0.693. The summed E-state index contributed by atoms with van der Waals surface area (Å²) in [5.41, 5.74) is 2.33. The molecule has 0 amide bonds. The predicted molar refractivity (Wildman–Crippen MR) is 77.0 cm³/mol. The summed E-state index contributed by atoms with van der Waals surface area (Å²) in [5, 5.41) is 9.37. The summed E-state index contributed by atoms with van der Waals surface area (Å²) in [7, 11) is 0. The number of hydrogen-bond acceptors (Lipinski definition) is 2. The van der Waals surface area contributed by atoms with Crippen LogP contribution in [0.25, 0.3) is 10.9 Å². The van der Waals surface area contributed by atoms with Gasteiger partial charge >= 0.3 is 0 Å². The van der Waals surface area contributed by atoms with Crippen molar-refractivity contribution in [2.45, 2.75) is 39.4 Å². The number of halogens is 1. The number of nitrogens with zero attached hydrogens (tertiary/aromatic N) is 2. The Kier molecular flexibility index (Phi) is 4.61. The van der Waals surface area contributed by atoms with Gasteiger partial charge in [-0.25, -0.2) is 0 Å². The van der Waals surface area contributed by atoms with Gasteiger partial charge in [0, 0.05) is 30.4 Å². The minimum absolute atomic E-state index is 0.424. The van der Waals surface area contributed by atoms with Crippen LogP contribution in [0, 0.1) is 0 Å². The number of aromatic nitrogens is 2. The number of nitrogens with one attached hydrogen (secondary N) is 1. The molecule has 0 spiro atoms. The van der Waals surface area contributed by atoms with Gasteiger partial charge in [0.05, 0.1) is 11.2 Å². The second-order valence-electron chi connectivity index (χ2n) is 4.54. The van der Waals surface area contributed by atoms with Crippen molar-refractivity contribution in [3.63, 3.8) is 0 Å². The molecule has 2 aromatic rings. The van der Waals surface area contributed by atoms with Crippen LogP contribution < -0.4 is 5.32 Å². The van der Waals surface area contributed by atoms with Crippen molar-refractivity contribution in [1.29, 1.82) is 0 Å². The molecule has 0 radical (unpaired) electrons. The zero-order valence-corrected chi connectivity index (χ0v) is 11.7. The third-order valence-electron chi connectivity index (χ3n) is 3.19. The van der Waals surface area contributed by atoms with Crippen LogP contribution in [-0.2, 0) is 13.1 Å². The van der Waals surface area contributed by atoms with Crippen LogP contribution in [0.15, 0.2) is 24.3 Å². The lowest BCUT2D eigenvalue weighted by molar-refractivity contribution is 0.526. The van der Waals surface area contributed by atoms with Crippen molar-refractivity contribution in [3.8, 4) is 0 Å². The molecular formula is C14H20ClN3. The molecule has 1 unspecified atom stereocenters. The van der Waals surface area contributed by atoms with Gasteiger partial charge in [-0.3, -0.25) is 4.68 Å². The maximum atomic E-state index is 5.74. The van der Waals surface area contributed by atoms with E-state index in [4.69, 9.17) is 11.6 Å². The van der Waals surface area contributed by atoms with Crippen LogP contribution in [-0.4, -0.2) is 21.7 Å². The summed E-state index contributed by atoms with van der Waals surface area (Å²) in [6.07, 6.45) is 0.980. The number of aryl methyl sites for hydroxylation is 1.